The average molecular weight is 906 g/mol. The fourth-order valence-electron chi connectivity index (χ4n) is 8.07. The minimum absolute atomic E-state index is 0. The van der Waals surface area contributed by atoms with Crippen molar-refractivity contribution in [3.8, 4) is 39.7 Å². The van der Waals surface area contributed by atoms with Crippen molar-refractivity contribution in [2.45, 2.75) is 40.0 Å². The summed E-state index contributed by atoms with van der Waals surface area (Å²) in [6.07, 6.45) is 1.85. The number of benzene rings is 6. The smallest absolute Gasteiger partial charge is 0.503 e. The van der Waals surface area contributed by atoms with Crippen LogP contribution in [0.15, 0.2) is 140 Å². The van der Waals surface area contributed by atoms with Gasteiger partial charge in [-0.2, -0.15) is 6.07 Å². The van der Waals surface area contributed by atoms with Crippen molar-refractivity contribution >= 4 is 49.3 Å². The number of imidazole rings is 1. The van der Waals surface area contributed by atoms with Crippen LogP contribution in [0.25, 0.3) is 77.5 Å². The summed E-state index contributed by atoms with van der Waals surface area (Å²) in [5.41, 5.74) is 12.6. The first-order valence-electron chi connectivity index (χ1n) is 18.8. The zero-order valence-corrected chi connectivity index (χ0v) is 34.1. The molecule has 4 aromatic heterocycles. The van der Waals surface area contributed by atoms with Crippen LogP contribution in [0.5, 0.6) is 11.5 Å². The molecule has 0 unspecified atom stereocenters. The maximum atomic E-state index is 6.65. The fraction of sp³-hybridized carbons (Fsp3) is 0.120. The molecule has 0 spiro atoms. The third-order valence-electron chi connectivity index (χ3n) is 10.9. The van der Waals surface area contributed by atoms with Gasteiger partial charge in [-0.3, -0.25) is 4.98 Å². The number of fused-ring (bicyclic) bond motifs is 9. The Bertz CT molecular complexity index is 3150. The van der Waals surface area contributed by atoms with Gasteiger partial charge in [0.15, 0.2) is 0 Å². The molecule has 274 valence electrons. The standard InChI is InChI=1S/C50H38N4O.Pt/c1-31-14-6-8-18-37(31)46-47(38-19-9-7-15-32(38)2)54-44-22-11-10-20-40(44)39-26-24-36(30-43(39)49(54)52-46)55-35-17-12-16-34(29-35)53-45-28-33(50(3,4)5)23-25-41(45)42-21-13-27-51-48(42)53;/h6-28H,1-5H3;/q-2;+2. The van der Waals surface area contributed by atoms with Gasteiger partial charge in [0, 0.05) is 45.1 Å². The van der Waals surface area contributed by atoms with Gasteiger partial charge in [0.05, 0.1) is 22.6 Å². The number of nitrogens with zero attached hydrogens (tertiary/aromatic N) is 4. The number of para-hydroxylation sites is 1. The van der Waals surface area contributed by atoms with Crippen LogP contribution in [0, 0.1) is 26.0 Å². The van der Waals surface area contributed by atoms with Gasteiger partial charge in [-0.05, 0) is 65.6 Å². The SMILES string of the molecule is Cc1ccccc1-c1nc2c3[c-]c(Oc4[c-]c(-n5c6cc(C(C)(C)C)ccc6c6cccnc65)ccc4)ccc3c3ccccc3n2c1-c1ccccc1C.[Pt+2]. The number of aryl methyl sites for hydroxylation is 2. The van der Waals surface area contributed by atoms with Crippen molar-refractivity contribution < 1.29 is 25.8 Å². The van der Waals surface area contributed by atoms with Crippen molar-refractivity contribution in [1.29, 1.82) is 0 Å². The van der Waals surface area contributed by atoms with Crippen molar-refractivity contribution in [3.63, 3.8) is 0 Å². The third kappa shape index (κ3) is 5.72. The first-order valence-corrected chi connectivity index (χ1v) is 18.8. The molecular formula is C50H38N4OPt. The van der Waals surface area contributed by atoms with E-state index in [0.29, 0.717) is 11.5 Å². The Labute approximate surface area is 340 Å². The van der Waals surface area contributed by atoms with Crippen LogP contribution in [0.3, 0.4) is 0 Å². The molecule has 0 aliphatic heterocycles. The number of rotatable bonds is 5. The van der Waals surface area contributed by atoms with Gasteiger partial charge >= 0.3 is 21.1 Å². The molecule has 0 saturated heterocycles. The molecule has 6 heteroatoms. The zero-order valence-electron chi connectivity index (χ0n) is 31.8. The van der Waals surface area contributed by atoms with Crippen LogP contribution in [0.2, 0.25) is 0 Å². The van der Waals surface area contributed by atoms with Crippen molar-refractivity contribution in [2.24, 2.45) is 0 Å². The van der Waals surface area contributed by atoms with E-state index in [0.717, 1.165) is 77.5 Å². The van der Waals surface area contributed by atoms with E-state index in [4.69, 9.17) is 14.7 Å². The van der Waals surface area contributed by atoms with Crippen LogP contribution < -0.4 is 4.74 Å². The maximum Gasteiger partial charge on any atom is 2.00 e. The number of hydrogen-bond donors (Lipinski definition) is 0. The quantitative estimate of drug-likeness (QED) is 0.128. The van der Waals surface area contributed by atoms with E-state index in [1.807, 2.05) is 30.5 Å². The molecule has 6 aromatic carbocycles. The van der Waals surface area contributed by atoms with Crippen molar-refractivity contribution in [1.82, 2.24) is 18.9 Å². The summed E-state index contributed by atoms with van der Waals surface area (Å²) in [5, 5.41) is 5.34. The van der Waals surface area contributed by atoms with Gasteiger partial charge in [-0.1, -0.05) is 122 Å². The Kier molecular flexibility index (Phi) is 8.67. The van der Waals surface area contributed by atoms with Gasteiger partial charge in [-0.25, -0.2) is 4.98 Å². The molecule has 0 atom stereocenters. The van der Waals surface area contributed by atoms with Gasteiger partial charge in [0.25, 0.3) is 0 Å². The molecule has 0 aliphatic carbocycles. The molecule has 56 heavy (non-hydrogen) atoms. The molecule has 10 aromatic rings. The average Bonchev–Trinajstić information content (AvgIpc) is 3.75. The van der Waals surface area contributed by atoms with Crippen LogP contribution in [0.1, 0.15) is 37.5 Å². The maximum absolute atomic E-state index is 6.65. The number of ether oxygens (including phenoxy) is 1. The van der Waals surface area contributed by atoms with Crippen LogP contribution >= 0.6 is 0 Å². The van der Waals surface area contributed by atoms with Crippen LogP contribution in [0.4, 0.5) is 0 Å². The second-order valence-corrected chi connectivity index (χ2v) is 15.4. The number of pyridine rings is 2. The molecule has 0 aliphatic rings. The normalized spacial score (nSPS) is 11.9. The van der Waals surface area contributed by atoms with E-state index in [1.54, 1.807) is 0 Å². The summed E-state index contributed by atoms with van der Waals surface area (Å²) in [5.74, 6) is 1.18. The predicted molar refractivity (Wildman–Crippen MR) is 226 cm³/mol. The molecule has 0 fully saturated rings. The Morgan fingerprint density at radius 1 is 0.589 bits per heavy atom. The molecule has 0 saturated carbocycles. The number of aromatic nitrogens is 4. The van der Waals surface area contributed by atoms with Crippen LogP contribution in [-0.2, 0) is 26.5 Å². The van der Waals surface area contributed by atoms with Gasteiger partial charge in [-0.15, -0.1) is 30.3 Å². The second-order valence-electron chi connectivity index (χ2n) is 15.4. The van der Waals surface area contributed by atoms with Gasteiger partial charge in [0.2, 0.25) is 0 Å². The first kappa shape index (κ1) is 35.7. The largest absolute Gasteiger partial charge is 2.00 e. The molecule has 10 rings (SSSR count). The fourth-order valence-corrected chi connectivity index (χ4v) is 8.07. The van der Waals surface area contributed by atoms with Crippen molar-refractivity contribution in [2.75, 3.05) is 0 Å². The van der Waals surface area contributed by atoms with Gasteiger partial charge < -0.3 is 13.7 Å². The minimum Gasteiger partial charge on any atom is -0.503 e. The van der Waals surface area contributed by atoms with E-state index in [9.17, 15) is 0 Å². The molecule has 0 bridgehead atoms. The molecule has 4 heterocycles. The van der Waals surface area contributed by atoms with E-state index in [1.165, 1.54) is 16.7 Å². The van der Waals surface area contributed by atoms with Crippen molar-refractivity contribution in [3.05, 3.63) is 168 Å². The molecule has 0 amide bonds. The minimum atomic E-state index is -0.00351. The summed E-state index contributed by atoms with van der Waals surface area (Å²) < 4.78 is 11.2. The van der Waals surface area contributed by atoms with E-state index in [-0.39, 0.29) is 26.5 Å². The summed E-state index contributed by atoms with van der Waals surface area (Å²) in [4.78, 5) is 10.3. The third-order valence-corrected chi connectivity index (χ3v) is 10.9. The Hall–Kier alpha value is -6.03. The number of hydrogen-bond acceptors (Lipinski definition) is 3. The van der Waals surface area contributed by atoms with Crippen LogP contribution in [-0.4, -0.2) is 18.9 Å². The second kappa shape index (κ2) is 13.6. The summed E-state index contributed by atoms with van der Waals surface area (Å²) in [7, 11) is 0. The molecule has 5 nitrogen and oxygen atoms in total. The zero-order chi connectivity index (χ0) is 37.4. The Balaban J connectivity index is 0.00000410. The summed E-state index contributed by atoms with van der Waals surface area (Å²) >= 11 is 0. The predicted octanol–water partition coefficient (Wildman–Crippen LogP) is 12.8. The molecule has 0 radical (unpaired) electrons. The first-order chi connectivity index (χ1) is 26.7. The van der Waals surface area contributed by atoms with E-state index in [2.05, 4.69) is 165 Å². The van der Waals surface area contributed by atoms with Gasteiger partial charge in [0.1, 0.15) is 5.65 Å². The van der Waals surface area contributed by atoms with E-state index < -0.39 is 0 Å². The topological polar surface area (TPSA) is 44.3 Å². The monoisotopic (exact) mass is 905 g/mol. The molecular weight excluding hydrogens is 868 g/mol. The Morgan fingerprint density at radius 3 is 2.05 bits per heavy atom. The molecule has 0 N–H and O–H groups in total. The van der Waals surface area contributed by atoms with E-state index >= 15 is 0 Å². The summed E-state index contributed by atoms with van der Waals surface area (Å²) in [6, 6.07) is 53.9. The Morgan fingerprint density at radius 2 is 1.27 bits per heavy atom. The summed E-state index contributed by atoms with van der Waals surface area (Å²) in [6.45, 7) is 11.0.